The van der Waals surface area contributed by atoms with Crippen LogP contribution in [-0.2, 0) is 9.59 Å². The number of benzene rings is 2. The van der Waals surface area contributed by atoms with Crippen molar-refractivity contribution >= 4 is 17.5 Å². The second kappa shape index (κ2) is 8.89. The molecule has 2 aromatic carbocycles. The number of anilines is 1. The lowest BCUT2D eigenvalue weighted by molar-refractivity contribution is -0.143. The summed E-state index contributed by atoms with van der Waals surface area (Å²) in [4.78, 5) is 28.9. The maximum absolute atomic E-state index is 13.8. The first-order chi connectivity index (χ1) is 14.9. The van der Waals surface area contributed by atoms with Crippen molar-refractivity contribution in [1.29, 1.82) is 0 Å². The van der Waals surface area contributed by atoms with Gasteiger partial charge in [0.25, 0.3) is 5.91 Å². The average Bonchev–Trinajstić information content (AvgIpc) is 2.80. The van der Waals surface area contributed by atoms with Gasteiger partial charge in [-0.15, -0.1) is 0 Å². The van der Waals surface area contributed by atoms with Gasteiger partial charge in [0, 0.05) is 32.2 Å². The highest BCUT2D eigenvalue weighted by Gasteiger charge is 2.34. The number of piperazine rings is 1. The number of carbonyl (C=O) groups is 2. The van der Waals surface area contributed by atoms with Crippen LogP contribution in [0.3, 0.4) is 0 Å². The minimum absolute atomic E-state index is 0.147. The van der Waals surface area contributed by atoms with E-state index in [1.54, 1.807) is 24.0 Å². The molecule has 7 nitrogen and oxygen atoms in total. The Labute approximate surface area is 178 Å². The Morgan fingerprint density at radius 1 is 1.06 bits per heavy atom. The van der Waals surface area contributed by atoms with Crippen LogP contribution in [0.2, 0.25) is 0 Å². The number of ether oxygens (including phenoxy) is 2. The number of fused-ring (bicyclic) bond motifs is 1. The predicted molar refractivity (Wildman–Crippen MR) is 109 cm³/mol. The Morgan fingerprint density at radius 2 is 1.77 bits per heavy atom. The van der Waals surface area contributed by atoms with Crippen LogP contribution in [0.1, 0.15) is 6.92 Å². The molecule has 0 saturated carbocycles. The van der Waals surface area contributed by atoms with Crippen molar-refractivity contribution in [1.82, 2.24) is 9.80 Å². The first-order valence-corrected chi connectivity index (χ1v) is 10.1. The van der Waals surface area contributed by atoms with Gasteiger partial charge in [-0.25, -0.2) is 8.78 Å². The van der Waals surface area contributed by atoms with Crippen molar-refractivity contribution in [3.63, 3.8) is 0 Å². The van der Waals surface area contributed by atoms with Gasteiger partial charge >= 0.3 is 0 Å². The Bertz CT molecular complexity index is 979. The SMILES string of the molecule is CC(C(=O)Nc1cc(F)ccc1F)N1CCN(C(=O)C2COc3ccccc3O2)CC1. The van der Waals surface area contributed by atoms with Crippen LogP contribution in [0.5, 0.6) is 11.5 Å². The largest absolute Gasteiger partial charge is 0.485 e. The lowest BCUT2D eigenvalue weighted by atomic mass is 10.2. The first kappa shape index (κ1) is 21.0. The molecule has 164 valence electrons. The van der Waals surface area contributed by atoms with E-state index in [-0.39, 0.29) is 18.2 Å². The number of amides is 2. The fourth-order valence-corrected chi connectivity index (χ4v) is 3.67. The zero-order chi connectivity index (χ0) is 22.0. The average molecular weight is 431 g/mol. The Hall–Kier alpha value is -3.20. The summed E-state index contributed by atoms with van der Waals surface area (Å²) in [5, 5.41) is 2.43. The second-order valence-electron chi connectivity index (χ2n) is 7.51. The summed E-state index contributed by atoms with van der Waals surface area (Å²) in [7, 11) is 0. The van der Waals surface area contributed by atoms with Gasteiger partial charge in [-0.2, -0.15) is 0 Å². The summed E-state index contributed by atoms with van der Waals surface area (Å²) in [6.45, 7) is 3.62. The van der Waals surface area contributed by atoms with E-state index in [4.69, 9.17) is 9.47 Å². The molecule has 2 aliphatic heterocycles. The molecule has 0 bridgehead atoms. The Morgan fingerprint density at radius 3 is 2.52 bits per heavy atom. The summed E-state index contributed by atoms with van der Waals surface area (Å²) in [6.07, 6.45) is -0.710. The number of nitrogens with one attached hydrogen (secondary N) is 1. The van der Waals surface area contributed by atoms with Gasteiger partial charge in [0.05, 0.1) is 11.7 Å². The molecule has 4 rings (SSSR count). The second-order valence-corrected chi connectivity index (χ2v) is 7.51. The van der Waals surface area contributed by atoms with Crippen molar-refractivity contribution in [3.8, 4) is 11.5 Å². The standard InChI is InChI=1S/C22H23F2N3O4/c1-14(21(28)25-17-12-15(23)6-7-16(17)24)26-8-10-27(11-9-26)22(29)20-13-30-18-4-2-3-5-19(18)31-20/h2-7,12,14,20H,8-11,13H2,1H3,(H,25,28). The molecular weight excluding hydrogens is 408 g/mol. The van der Waals surface area contributed by atoms with Crippen molar-refractivity contribution < 1.29 is 27.8 Å². The van der Waals surface area contributed by atoms with Gasteiger partial charge in [0.1, 0.15) is 18.2 Å². The quantitative estimate of drug-likeness (QED) is 0.805. The summed E-state index contributed by atoms with van der Waals surface area (Å²) < 4.78 is 38.5. The molecule has 2 amide bonds. The third-order valence-corrected chi connectivity index (χ3v) is 5.52. The van der Waals surface area contributed by atoms with Crippen LogP contribution in [-0.4, -0.2) is 66.5 Å². The molecule has 1 saturated heterocycles. The maximum Gasteiger partial charge on any atom is 0.267 e. The molecule has 9 heteroatoms. The van der Waals surface area contributed by atoms with Gasteiger partial charge in [-0.1, -0.05) is 12.1 Å². The molecule has 1 fully saturated rings. The monoisotopic (exact) mass is 431 g/mol. The number of nitrogens with zero attached hydrogens (tertiary/aromatic N) is 2. The zero-order valence-corrected chi connectivity index (χ0v) is 17.0. The summed E-state index contributed by atoms with van der Waals surface area (Å²) in [5.74, 6) is -0.772. The van der Waals surface area contributed by atoms with Gasteiger partial charge in [-0.05, 0) is 31.2 Å². The summed E-state index contributed by atoms with van der Waals surface area (Å²) >= 11 is 0. The smallest absolute Gasteiger partial charge is 0.267 e. The van der Waals surface area contributed by atoms with Crippen LogP contribution in [0.15, 0.2) is 42.5 Å². The highest BCUT2D eigenvalue weighted by molar-refractivity contribution is 5.94. The van der Waals surface area contributed by atoms with E-state index in [1.807, 2.05) is 17.0 Å². The molecule has 31 heavy (non-hydrogen) atoms. The third kappa shape index (κ3) is 4.61. The fraction of sp³-hybridized carbons (Fsp3) is 0.364. The number of para-hydroxylation sites is 2. The van der Waals surface area contributed by atoms with Crippen LogP contribution in [0, 0.1) is 11.6 Å². The predicted octanol–water partition coefficient (Wildman–Crippen LogP) is 2.28. The highest BCUT2D eigenvalue weighted by Crippen LogP contribution is 2.31. The molecule has 1 N–H and O–H groups in total. The van der Waals surface area contributed by atoms with Crippen LogP contribution < -0.4 is 14.8 Å². The number of halogens is 2. The van der Waals surface area contributed by atoms with E-state index in [0.717, 1.165) is 18.2 Å². The van der Waals surface area contributed by atoms with Gasteiger partial charge in [0.15, 0.2) is 11.5 Å². The zero-order valence-electron chi connectivity index (χ0n) is 17.0. The molecule has 0 aromatic heterocycles. The number of rotatable bonds is 4. The lowest BCUT2D eigenvalue weighted by Gasteiger charge is -2.39. The van der Waals surface area contributed by atoms with Crippen molar-refractivity contribution in [3.05, 3.63) is 54.1 Å². The van der Waals surface area contributed by atoms with Crippen LogP contribution in [0.4, 0.5) is 14.5 Å². The molecule has 0 radical (unpaired) electrons. The molecular formula is C22H23F2N3O4. The first-order valence-electron chi connectivity index (χ1n) is 10.1. The topological polar surface area (TPSA) is 71.1 Å². The molecule has 0 aliphatic carbocycles. The summed E-state index contributed by atoms with van der Waals surface area (Å²) in [6, 6.07) is 9.53. The molecule has 2 unspecified atom stereocenters. The molecule has 2 heterocycles. The fourth-order valence-electron chi connectivity index (χ4n) is 3.67. The molecule has 0 spiro atoms. The number of hydrogen-bond acceptors (Lipinski definition) is 5. The Kier molecular flexibility index (Phi) is 6.03. The molecule has 2 aliphatic rings. The minimum Gasteiger partial charge on any atom is -0.485 e. The van der Waals surface area contributed by atoms with Crippen molar-refractivity contribution in [2.75, 3.05) is 38.1 Å². The maximum atomic E-state index is 13.8. The van der Waals surface area contributed by atoms with Crippen molar-refractivity contribution in [2.24, 2.45) is 0 Å². The van der Waals surface area contributed by atoms with Gasteiger partial charge in [-0.3, -0.25) is 14.5 Å². The normalized spacial score (nSPS) is 19.6. The van der Waals surface area contributed by atoms with Crippen LogP contribution >= 0.6 is 0 Å². The minimum atomic E-state index is -0.710. The van der Waals surface area contributed by atoms with E-state index in [9.17, 15) is 18.4 Å². The molecule has 2 atom stereocenters. The van der Waals surface area contributed by atoms with E-state index < -0.39 is 29.7 Å². The number of carbonyl (C=O) groups excluding carboxylic acids is 2. The third-order valence-electron chi connectivity index (χ3n) is 5.52. The van der Waals surface area contributed by atoms with E-state index in [2.05, 4.69) is 5.32 Å². The number of hydrogen-bond donors (Lipinski definition) is 1. The van der Waals surface area contributed by atoms with Crippen molar-refractivity contribution in [2.45, 2.75) is 19.1 Å². The van der Waals surface area contributed by atoms with E-state index >= 15 is 0 Å². The molecule has 2 aromatic rings. The Balaban J connectivity index is 1.30. The van der Waals surface area contributed by atoms with E-state index in [1.165, 1.54) is 0 Å². The highest BCUT2D eigenvalue weighted by atomic mass is 19.1. The van der Waals surface area contributed by atoms with Gasteiger partial charge in [0.2, 0.25) is 12.0 Å². The summed E-state index contributed by atoms with van der Waals surface area (Å²) in [5.41, 5.74) is -0.194. The van der Waals surface area contributed by atoms with Gasteiger partial charge < -0.3 is 19.7 Å². The lowest BCUT2D eigenvalue weighted by Crippen LogP contribution is -2.57. The van der Waals surface area contributed by atoms with E-state index in [0.29, 0.717) is 37.7 Å². The van der Waals surface area contributed by atoms with Crippen LogP contribution in [0.25, 0.3) is 0 Å².